The summed E-state index contributed by atoms with van der Waals surface area (Å²) in [7, 11) is 1.76. The Kier molecular flexibility index (Phi) is 9.24. The largest absolute Gasteiger partial charge is 0.352 e. The summed E-state index contributed by atoms with van der Waals surface area (Å²) >= 11 is 0. The highest BCUT2D eigenvalue weighted by atomic mass is 127. The van der Waals surface area contributed by atoms with E-state index in [1.54, 1.807) is 7.05 Å². The molecule has 1 fully saturated rings. The number of aryl methyl sites for hydroxylation is 1. The average molecular weight is 507 g/mol. The Balaban J connectivity index is 0.00000300. The number of halogens is 1. The number of hydrogen-bond donors (Lipinski definition) is 3. The Hall–Kier alpha value is -2.29. The van der Waals surface area contributed by atoms with Crippen LogP contribution in [0.5, 0.6) is 0 Å². The first kappa shape index (κ1) is 23.0. The van der Waals surface area contributed by atoms with Gasteiger partial charge >= 0.3 is 6.03 Å². The number of aliphatic imine (C=N–C) groups is 1. The third-order valence-electron chi connectivity index (χ3n) is 4.84. The Labute approximate surface area is 190 Å². The van der Waals surface area contributed by atoms with Gasteiger partial charge in [-0.25, -0.2) is 4.79 Å². The van der Waals surface area contributed by atoms with Gasteiger partial charge in [0.1, 0.15) is 0 Å². The zero-order valence-corrected chi connectivity index (χ0v) is 19.4. The lowest BCUT2D eigenvalue weighted by molar-refractivity contribution is 0.222. The number of urea groups is 1. The van der Waals surface area contributed by atoms with Crippen molar-refractivity contribution in [1.82, 2.24) is 15.5 Å². The number of nitrogens with one attached hydrogen (secondary N) is 3. The number of carbonyl (C=O) groups excluding carboxylic acids is 1. The van der Waals surface area contributed by atoms with Crippen LogP contribution in [0.25, 0.3) is 0 Å². The van der Waals surface area contributed by atoms with Crippen molar-refractivity contribution in [3.63, 3.8) is 0 Å². The van der Waals surface area contributed by atoms with Crippen LogP contribution in [0.15, 0.2) is 53.5 Å². The van der Waals surface area contributed by atoms with E-state index in [4.69, 9.17) is 0 Å². The lowest BCUT2D eigenvalue weighted by Crippen LogP contribution is -2.36. The van der Waals surface area contributed by atoms with E-state index in [9.17, 15) is 4.79 Å². The van der Waals surface area contributed by atoms with Crippen LogP contribution in [0.4, 0.5) is 10.5 Å². The molecule has 0 bridgehead atoms. The minimum absolute atomic E-state index is 0. The molecule has 1 heterocycles. The number of amides is 2. The molecule has 0 radical (unpaired) electrons. The van der Waals surface area contributed by atoms with E-state index in [1.165, 1.54) is 11.1 Å². The highest BCUT2D eigenvalue weighted by Crippen LogP contribution is 2.14. The molecule has 0 atom stereocenters. The van der Waals surface area contributed by atoms with Crippen LogP contribution in [0, 0.1) is 6.92 Å². The number of guanidine groups is 1. The smallest absolute Gasteiger partial charge is 0.321 e. The van der Waals surface area contributed by atoms with Gasteiger partial charge in [-0.05, 0) is 43.0 Å². The van der Waals surface area contributed by atoms with Gasteiger partial charge in [0.2, 0.25) is 0 Å². The maximum absolute atomic E-state index is 12.2. The third kappa shape index (κ3) is 7.23. The molecule has 0 unspecified atom stereocenters. The van der Waals surface area contributed by atoms with Crippen molar-refractivity contribution in [2.24, 2.45) is 4.99 Å². The molecule has 0 aromatic heterocycles. The highest BCUT2D eigenvalue weighted by molar-refractivity contribution is 14.0. The summed E-state index contributed by atoms with van der Waals surface area (Å²) in [5.74, 6) is 0.743. The van der Waals surface area contributed by atoms with Gasteiger partial charge in [-0.1, -0.05) is 42.0 Å². The molecule has 2 amide bonds. The van der Waals surface area contributed by atoms with E-state index in [-0.39, 0.29) is 30.0 Å². The molecule has 0 saturated carbocycles. The fourth-order valence-corrected chi connectivity index (χ4v) is 3.18. The minimum Gasteiger partial charge on any atom is -0.352 e. The minimum atomic E-state index is -0.0156. The Morgan fingerprint density at radius 2 is 1.66 bits per heavy atom. The molecule has 29 heavy (non-hydrogen) atoms. The summed E-state index contributed by atoms with van der Waals surface area (Å²) in [6.45, 7) is 5.11. The number of benzene rings is 2. The molecule has 7 heteroatoms. The standard InChI is InChI=1S/C22H29N5O.HI/c1-17-8-10-18(11-9-17)15-24-21(23-2)25-16-19-6-5-7-20(14-19)26-22(28)27-12-3-4-13-27;/h5-11,14H,3-4,12-13,15-16H2,1-2H3,(H,26,28)(H2,23,24,25);1H. The van der Waals surface area contributed by atoms with Crippen LogP contribution in [-0.2, 0) is 13.1 Å². The summed E-state index contributed by atoms with van der Waals surface area (Å²) in [4.78, 5) is 18.4. The molecule has 6 nitrogen and oxygen atoms in total. The van der Waals surface area contributed by atoms with Crippen molar-refractivity contribution >= 4 is 41.7 Å². The number of likely N-dealkylation sites (tertiary alicyclic amines) is 1. The molecule has 3 N–H and O–H groups in total. The van der Waals surface area contributed by atoms with Crippen LogP contribution in [0.3, 0.4) is 0 Å². The second-order valence-corrected chi connectivity index (χ2v) is 7.09. The van der Waals surface area contributed by atoms with Gasteiger partial charge in [-0.3, -0.25) is 4.99 Å². The molecule has 156 valence electrons. The summed E-state index contributed by atoms with van der Waals surface area (Å²) in [5, 5.41) is 9.63. The predicted molar refractivity (Wildman–Crippen MR) is 130 cm³/mol. The van der Waals surface area contributed by atoms with E-state index in [0.717, 1.165) is 43.1 Å². The van der Waals surface area contributed by atoms with Gasteiger partial charge in [-0.15, -0.1) is 24.0 Å². The average Bonchev–Trinajstić information content (AvgIpc) is 3.25. The molecule has 0 spiro atoms. The maximum atomic E-state index is 12.2. The summed E-state index contributed by atoms with van der Waals surface area (Å²) in [6, 6.07) is 16.3. The first-order valence-electron chi connectivity index (χ1n) is 9.79. The Morgan fingerprint density at radius 3 is 2.31 bits per heavy atom. The van der Waals surface area contributed by atoms with Crippen molar-refractivity contribution in [3.05, 3.63) is 65.2 Å². The van der Waals surface area contributed by atoms with Gasteiger partial charge in [0.15, 0.2) is 5.96 Å². The fourth-order valence-electron chi connectivity index (χ4n) is 3.18. The van der Waals surface area contributed by atoms with Gasteiger partial charge in [0, 0.05) is 38.9 Å². The van der Waals surface area contributed by atoms with E-state index >= 15 is 0 Å². The number of anilines is 1. The van der Waals surface area contributed by atoms with Gasteiger partial charge in [0.25, 0.3) is 0 Å². The molecule has 2 aromatic carbocycles. The fraction of sp³-hybridized carbons (Fsp3) is 0.364. The molecule has 3 rings (SSSR count). The molecule has 1 saturated heterocycles. The topological polar surface area (TPSA) is 68.8 Å². The van der Waals surface area contributed by atoms with Crippen LogP contribution in [0.2, 0.25) is 0 Å². The van der Waals surface area contributed by atoms with E-state index in [1.807, 2.05) is 29.2 Å². The van der Waals surface area contributed by atoms with Crippen molar-refractivity contribution < 1.29 is 4.79 Å². The van der Waals surface area contributed by atoms with Crippen molar-refractivity contribution in [1.29, 1.82) is 0 Å². The zero-order valence-electron chi connectivity index (χ0n) is 17.1. The quantitative estimate of drug-likeness (QED) is 0.324. The summed E-state index contributed by atoms with van der Waals surface area (Å²) in [5.41, 5.74) is 4.36. The van der Waals surface area contributed by atoms with Crippen LogP contribution in [-0.4, -0.2) is 37.0 Å². The van der Waals surface area contributed by atoms with Crippen molar-refractivity contribution in [3.8, 4) is 0 Å². The predicted octanol–water partition coefficient (Wildman–Crippen LogP) is 4.11. The normalized spacial score (nSPS) is 13.6. The third-order valence-corrected chi connectivity index (χ3v) is 4.84. The van der Waals surface area contributed by atoms with Gasteiger partial charge in [0.05, 0.1) is 0 Å². The van der Waals surface area contributed by atoms with Crippen molar-refractivity contribution in [2.45, 2.75) is 32.9 Å². The molecular weight excluding hydrogens is 477 g/mol. The maximum Gasteiger partial charge on any atom is 0.321 e. The number of rotatable bonds is 5. The lowest BCUT2D eigenvalue weighted by Gasteiger charge is -2.17. The molecule has 1 aliphatic heterocycles. The number of carbonyl (C=O) groups is 1. The van der Waals surface area contributed by atoms with Gasteiger partial charge in [-0.2, -0.15) is 0 Å². The van der Waals surface area contributed by atoms with E-state index in [0.29, 0.717) is 13.1 Å². The molecule has 1 aliphatic rings. The summed E-state index contributed by atoms with van der Waals surface area (Å²) < 4.78 is 0. The molecule has 0 aliphatic carbocycles. The SMILES string of the molecule is CN=C(NCc1ccc(C)cc1)NCc1cccc(NC(=O)N2CCCC2)c1.I. The van der Waals surface area contributed by atoms with Crippen LogP contribution < -0.4 is 16.0 Å². The van der Waals surface area contributed by atoms with E-state index < -0.39 is 0 Å². The monoisotopic (exact) mass is 507 g/mol. The molecule has 2 aromatic rings. The highest BCUT2D eigenvalue weighted by Gasteiger charge is 2.17. The Morgan fingerprint density at radius 1 is 1.00 bits per heavy atom. The van der Waals surface area contributed by atoms with E-state index in [2.05, 4.69) is 52.1 Å². The number of nitrogens with zero attached hydrogens (tertiary/aromatic N) is 2. The van der Waals surface area contributed by atoms with Crippen LogP contribution >= 0.6 is 24.0 Å². The van der Waals surface area contributed by atoms with Crippen molar-refractivity contribution in [2.75, 3.05) is 25.5 Å². The Bertz CT molecular complexity index is 816. The second-order valence-electron chi connectivity index (χ2n) is 7.09. The lowest BCUT2D eigenvalue weighted by atomic mass is 10.1. The first-order valence-corrected chi connectivity index (χ1v) is 9.79. The number of hydrogen-bond acceptors (Lipinski definition) is 2. The second kappa shape index (κ2) is 11.6. The van der Waals surface area contributed by atoms with Gasteiger partial charge < -0.3 is 20.9 Å². The summed E-state index contributed by atoms with van der Waals surface area (Å²) in [6.07, 6.45) is 2.18. The molecular formula is C22H30IN5O. The first-order chi connectivity index (χ1) is 13.6. The van der Waals surface area contributed by atoms with Crippen LogP contribution in [0.1, 0.15) is 29.5 Å². The zero-order chi connectivity index (χ0) is 19.8.